The number of rotatable bonds is 5. The first kappa shape index (κ1) is 18.6. The van der Waals surface area contributed by atoms with Crippen molar-refractivity contribution in [2.45, 2.75) is 25.9 Å². The molecule has 28 heavy (non-hydrogen) atoms. The maximum atomic E-state index is 12.7. The Hall–Kier alpha value is -2.78. The molecule has 0 N–H and O–H groups in total. The molecule has 0 radical (unpaired) electrons. The maximum absolute atomic E-state index is 12.7. The van der Waals surface area contributed by atoms with E-state index in [9.17, 15) is 4.79 Å². The Morgan fingerprint density at radius 1 is 1.04 bits per heavy atom. The monoisotopic (exact) mass is 391 g/mol. The lowest BCUT2D eigenvalue weighted by Crippen LogP contribution is -2.24. The van der Waals surface area contributed by atoms with Crippen LogP contribution in [-0.4, -0.2) is 12.5 Å². The molecule has 1 saturated heterocycles. The summed E-state index contributed by atoms with van der Waals surface area (Å²) in [6, 6.07) is 23.8. The minimum Gasteiger partial charge on any atom is -0.489 e. The molecule has 3 aromatic carbocycles. The Balaban J connectivity index is 1.55. The largest absolute Gasteiger partial charge is 0.489 e. The van der Waals surface area contributed by atoms with Gasteiger partial charge in [-0.1, -0.05) is 65.7 Å². The van der Waals surface area contributed by atoms with Crippen molar-refractivity contribution < 1.29 is 9.53 Å². The van der Waals surface area contributed by atoms with Gasteiger partial charge in [0, 0.05) is 29.6 Å². The number of aryl methyl sites for hydroxylation is 1. The van der Waals surface area contributed by atoms with E-state index in [1.54, 1.807) is 0 Å². The van der Waals surface area contributed by atoms with Crippen molar-refractivity contribution in [3.05, 3.63) is 94.5 Å². The number of carbonyl (C=O) groups excluding carboxylic acids is 1. The lowest BCUT2D eigenvalue weighted by molar-refractivity contribution is -0.117. The standard InChI is InChI=1S/C24H22ClNO2/c1-17-7-10-21(11-8-17)26-15-19(13-24(26)27)22-12-9-20(25)14-23(22)28-16-18-5-3-2-4-6-18/h2-12,14,19H,13,15-16H2,1H3. The fourth-order valence-electron chi connectivity index (χ4n) is 3.60. The molecule has 1 atom stereocenters. The second kappa shape index (κ2) is 8.07. The van der Waals surface area contributed by atoms with E-state index < -0.39 is 0 Å². The number of ether oxygens (including phenoxy) is 1. The molecule has 142 valence electrons. The molecule has 4 rings (SSSR count). The van der Waals surface area contributed by atoms with E-state index in [0.717, 1.165) is 22.6 Å². The number of benzene rings is 3. The van der Waals surface area contributed by atoms with Gasteiger partial charge in [-0.15, -0.1) is 0 Å². The lowest BCUT2D eigenvalue weighted by atomic mass is 9.97. The van der Waals surface area contributed by atoms with Crippen LogP contribution in [0.15, 0.2) is 72.8 Å². The first-order valence-corrected chi connectivity index (χ1v) is 9.81. The summed E-state index contributed by atoms with van der Waals surface area (Å²) in [7, 11) is 0. The van der Waals surface area contributed by atoms with Crippen LogP contribution in [0, 0.1) is 6.92 Å². The zero-order valence-electron chi connectivity index (χ0n) is 15.8. The third kappa shape index (κ3) is 4.05. The van der Waals surface area contributed by atoms with Gasteiger partial charge in [0.05, 0.1) is 0 Å². The highest BCUT2D eigenvalue weighted by Gasteiger charge is 2.33. The fourth-order valence-corrected chi connectivity index (χ4v) is 3.76. The van der Waals surface area contributed by atoms with Crippen molar-refractivity contribution >= 4 is 23.2 Å². The van der Waals surface area contributed by atoms with E-state index in [1.807, 2.05) is 84.6 Å². The van der Waals surface area contributed by atoms with Crippen LogP contribution in [0.25, 0.3) is 0 Å². The average Bonchev–Trinajstić information content (AvgIpc) is 3.09. The molecule has 3 aromatic rings. The second-order valence-electron chi connectivity index (χ2n) is 7.20. The minimum absolute atomic E-state index is 0.0804. The summed E-state index contributed by atoms with van der Waals surface area (Å²) in [5.74, 6) is 0.967. The highest BCUT2D eigenvalue weighted by molar-refractivity contribution is 6.30. The van der Waals surface area contributed by atoms with Crippen molar-refractivity contribution in [3.63, 3.8) is 0 Å². The van der Waals surface area contributed by atoms with E-state index in [1.165, 1.54) is 5.56 Å². The molecule has 1 amide bonds. The van der Waals surface area contributed by atoms with Gasteiger partial charge in [0.1, 0.15) is 12.4 Å². The number of hydrogen-bond donors (Lipinski definition) is 0. The molecular weight excluding hydrogens is 370 g/mol. The van der Waals surface area contributed by atoms with Crippen LogP contribution in [-0.2, 0) is 11.4 Å². The topological polar surface area (TPSA) is 29.5 Å². The van der Waals surface area contributed by atoms with Crippen LogP contribution >= 0.6 is 11.6 Å². The van der Waals surface area contributed by atoms with Gasteiger partial charge in [0.15, 0.2) is 0 Å². The minimum atomic E-state index is 0.0804. The van der Waals surface area contributed by atoms with E-state index in [-0.39, 0.29) is 11.8 Å². The van der Waals surface area contributed by atoms with E-state index >= 15 is 0 Å². The highest BCUT2D eigenvalue weighted by Crippen LogP contribution is 2.37. The number of carbonyl (C=O) groups is 1. The zero-order chi connectivity index (χ0) is 19.5. The maximum Gasteiger partial charge on any atom is 0.227 e. The fraction of sp³-hybridized carbons (Fsp3) is 0.208. The SMILES string of the molecule is Cc1ccc(N2CC(c3ccc(Cl)cc3OCc3ccccc3)CC2=O)cc1. The highest BCUT2D eigenvalue weighted by atomic mass is 35.5. The number of amides is 1. The van der Waals surface area contributed by atoms with Crippen LogP contribution in [0.5, 0.6) is 5.75 Å². The molecule has 0 aliphatic carbocycles. The van der Waals surface area contributed by atoms with Crippen LogP contribution < -0.4 is 9.64 Å². The Labute approximate surface area is 170 Å². The van der Waals surface area contributed by atoms with E-state index in [0.29, 0.717) is 24.6 Å². The van der Waals surface area contributed by atoms with Gasteiger partial charge in [0.25, 0.3) is 0 Å². The molecule has 3 nitrogen and oxygen atoms in total. The molecule has 1 heterocycles. The Kier molecular flexibility index (Phi) is 5.36. The van der Waals surface area contributed by atoms with Gasteiger partial charge in [-0.05, 0) is 42.3 Å². The molecule has 4 heteroatoms. The molecule has 0 bridgehead atoms. The number of anilines is 1. The normalized spacial score (nSPS) is 16.4. The van der Waals surface area contributed by atoms with Crippen molar-refractivity contribution in [2.75, 3.05) is 11.4 Å². The van der Waals surface area contributed by atoms with Gasteiger partial charge in [-0.2, -0.15) is 0 Å². The Morgan fingerprint density at radius 2 is 1.79 bits per heavy atom. The summed E-state index contributed by atoms with van der Waals surface area (Å²) in [5.41, 5.74) is 4.25. The average molecular weight is 392 g/mol. The third-order valence-corrected chi connectivity index (χ3v) is 5.36. The summed E-state index contributed by atoms with van der Waals surface area (Å²) in [4.78, 5) is 14.5. The molecular formula is C24H22ClNO2. The number of hydrogen-bond acceptors (Lipinski definition) is 2. The van der Waals surface area contributed by atoms with Crippen molar-refractivity contribution in [1.82, 2.24) is 0 Å². The van der Waals surface area contributed by atoms with Gasteiger partial charge in [0.2, 0.25) is 5.91 Å². The Morgan fingerprint density at radius 3 is 2.54 bits per heavy atom. The van der Waals surface area contributed by atoms with Gasteiger partial charge < -0.3 is 9.64 Å². The molecule has 0 saturated carbocycles. The van der Waals surface area contributed by atoms with Crippen LogP contribution in [0.4, 0.5) is 5.69 Å². The molecule has 0 spiro atoms. The van der Waals surface area contributed by atoms with Crippen LogP contribution in [0.1, 0.15) is 29.0 Å². The first-order chi connectivity index (χ1) is 13.6. The van der Waals surface area contributed by atoms with E-state index in [4.69, 9.17) is 16.3 Å². The molecule has 0 aromatic heterocycles. The quantitative estimate of drug-likeness (QED) is 0.554. The summed E-state index contributed by atoms with van der Waals surface area (Å²) >= 11 is 6.22. The van der Waals surface area contributed by atoms with Crippen molar-refractivity contribution in [1.29, 1.82) is 0 Å². The Bertz CT molecular complexity index is 970. The smallest absolute Gasteiger partial charge is 0.227 e. The molecule has 1 fully saturated rings. The summed E-state index contributed by atoms with van der Waals surface area (Å²) in [5, 5.41) is 0.631. The number of nitrogens with zero attached hydrogens (tertiary/aromatic N) is 1. The van der Waals surface area contributed by atoms with Crippen LogP contribution in [0.3, 0.4) is 0 Å². The second-order valence-corrected chi connectivity index (χ2v) is 7.63. The van der Waals surface area contributed by atoms with Crippen LogP contribution in [0.2, 0.25) is 5.02 Å². The lowest BCUT2D eigenvalue weighted by Gasteiger charge is -2.19. The summed E-state index contributed by atoms with van der Waals surface area (Å²) in [6.07, 6.45) is 0.469. The van der Waals surface area contributed by atoms with Gasteiger partial charge in [-0.3, -0.25) is 4.79 Å². The van der Waals surface area contributed by atoms with Crippen molar-refractivity contribution in [3.8, 4) is 5.75 Å². The summed E-state index contributed by atoms with van der Waals surface area (Å²) in [6.45, 7) is 3.16. The predicted molar refractivity (Wildman–Crippen MR) is 113 cm³/mol. The van der Waals surface area contributed by atoms with Gasteiger partial charge >= 0.3 is 0 Å². The number of halogens is 1. The molecule has 1 aliphatic rings. The third-order valence-electron chi connectivity index (χ3n) is 5.12. The van der Waals surface area contributed by atoms with Gasteiger partial charge in [-0.25, -0.2) is 0 Å². The summed E-state index contributed by atoms with van der Waals surface area (Å²) < 4.78 is 6.09. The van der Waals surface area contributed by atoms with E-state index in [2.05, 4.69) is 0 Å². The van der Waals surface area contributed by atoms with Crippen molar-refractivity contribution in [2.24, 2.45) is 0 Å². The predicted octanol–water partition coefficient (Wildman–Crippen LogP) is 5.75. The molecule has 1 unspecified atom stereocenters. The first-order valence-electron chi connectivity index (χ1n) is 9.43. The molecule has 1 aliphatic heterocycles. The zero-order valence-corrected chi connectivity index (χ0v) is 16.5.